The highest BCUT2D eigenvalue weighted by molar-refractivity contribution is 5.94. The third-order valence-electron chi connectivity index (χ3n) is 2.92. The molecule has 0 aliphatic rings. The van der Waals surface area contributed by atoms with Crippen LogP contribution in [0.2, 0.25) is 0 Å². The largest absolute Gasteiger partial charge is 0.337 e. The van der Waals surface area contributed by atoms with E-state index in [0.717, 1.165) is 5.56 Å². The minimum absolute atomic E-state index is 0.125. The van der Waals surface area contributed by atoms with Gasteiger partial charge in [-0.05, 0) is 48.4 Å². The van der Waals surface area contributed by atoms with E-state index in [1.807, 2.05) is 12.1 Å². The van der Waals surface area contributed by atoms with E-state index in [4.69, 9.17) is 0 Å². The van der Waals surface area contributed by atoms with Gasteiger partial charge >= 0.3 is 0 Å². The Morgan fingerprint density at radius 3 is 2.58 bits per heavy atom. The van der Waals surface area contributed by atoms with Gasteiger partial charge in [-0.3, -0.25) is 9.78 Å². The lowest BCUT2D eigenvalue weighted by Gasteiger charge is -2.17. The van der Waals surface area contributed by atoms with Gasteiger partial charge in [-0.2, -0.15) is 0 Å². The van der Waals surface area contributed by atoms with Crippen molar-refractivity contribution in [2.45, 2.75) is 13.5 Å². The van der Waals surface area contributed by atoms with E-state index in [2.05, 4.69) is 4.98 Å². The van der Waals surface area contributed by atoms with Gasteiger partial charge < -0.3 is 4.90 Å². The number of rotatable bonds is 3. The summed E-state index contributed by atoms with van der Waals surface area (Å²) in [7, 11) is 1.72. The van der Waals surface area contributed by atoms with Gasteiger partial charge in [0.1, 0.15) is 5.82 Å². The number of carbonyl (C=O) groups is 1. The lowest BCUT2D eigenvalue weighted by molar-refractivity contribution is 0.0785. The molecule has 0 saturated heterocycles. The summed E-state index contributed by atoms with van der Waals surface area (Å²) in [6.07, 6.45) is 3.38. The Kier molecular flexibility index (Phi) is 3.90. The monoisotopic (exact) mass is 258 g/mol. The molecule has 98 valence electrons. The summed E-state index contributed by atoms with van der Waals surface area (Å²) in [6, 6.07) is 8.12. The fourth-order valence-electron chi connectivity index (χ4n) is 1.83. The maximum atomic E-state index is 13.2. The van der Waals surface area contributed by atoms with Crippen LogP contribution in [0.25, 0.3) is 0 Å². The molecule has 1 aromatic heterocycles. The van der Waals surface area contributed by atoms with Crippen molar-refractivity contribution in [1.29, 1.82) is 0 Å². The van der Waals surface area contributed by atoms with Gasteiger partial charge in [0, 0.05) is 31.5 Å². The van der Waals surface area contributed by atoms with Crippen LogP contribution in [0.3, 0.4) is 0 Å². The van der Waals surface area contributed by atoms with Crippen molar-refractivity contribution in [3.63, 3.8) is 0 Å². The summed E-state index contributed by atoms with van der Waals surface area (Å²) in [4.78, 5) is 17.7. The molecule has 0 N–H and O–H groups in total. The van der Waals surface area contributed by atoms with Gasteiger partial charge in [-0.15, -0.1) is 0 Å². The van der Waals surface area contributed by atoms with Crippen molar-refractivity contribution in [2.24, 2.45) is 0 Å². The molecule has 0 atom stereocenters. The van der Waals surface area contributed by atoms with E-state index < -0.39 is 0 Å². The molecular weight excluding hydrogens is 243 g/mol. The van der Waals surface area contributed by atoms with Crippen molar-refractivity contribution < 1.29 is 9.18 Å². The molecule has 0 aliphatic heterocycles. The first kappa shape index (κ1) is 13.2. The fraction of sp³-hybridized carbons (Fsp3) is 0.200. The number of nitrogens with zero attached hydrogens (tertiary/aromatic N) is 2. The van der Waals surface area contributed by atoms with Gasteiger partial charge in [-0.1, -0.05) is 0 Å². The summed E-state index contributed by atoms with van der Waals surface area (Å²) in [6.45, 7) is 2.15. The maximum absolute atomic E-state index is 13.2. The Bertz CT molecular complexity index is 584. The highest BCUT2D eigenvalue weighted by atomic mass is 19.1. The van der Waals surface area contributed by atoms with Crippen LogP contribution in [0.1, 0.15) is 21.5 Å². The van der Waals surface area contributed by atoms with Crippen molar-refractivity contribution in [1.82, 2.24) is 9.88 Å². The first-order valence-corrected chi connectivity index (χ1v) is 5.98. The average molecular weight is 258 g/mol. The standard InChI is InChI=1S/C15H15FN2O/c1-11-9-13(3-4-14(11)16)15(19)18(2)10-12-5-7-17-8-6-12/h3-9H,10H2,1-2H3. The van der Waals surface area contributed by atoms with Crippen LogP contribution in [-0.2, 0) is 6.54 Å². The Morgan fingerprint density at radius 1 is 1.26 bits per heavy atom. The lowest BCUT2D eigenvalue weighted by atomic mass is 10.1. The second-order valence-electron chi connectivity index (χ2n) is 4.48. The van der Waals surface area contributed by atoms with E-state index >= 15 is 0 Å². The molecular formula is C15H15FN2O. The third kappa shape index (κ3) is 3.16. The number of aryl methyl sites for hydroxylation is 1. The van der Waals surface area contributed by atoms with Crippen LogP contribution >= 0.6 is 0 Å². The van der Waals surface area contributed by atoms with Crippen molar-refractivity contribution in [3.05, 3.63) is 65.2 Å². The van der Waals surface area contributed by atoms with E-state index in [1.54, 1.807) is 37.3 Å². The number of amides is 1. The quantitative estimate of drug-likeness (QED) is 0.848. The number of aromatic nitrogens is 1. The van der Waals surface area contributed by atoms with E-state index in [9.17, 15) is 9.18 Å². The zero-order chi connectivity index (χ0) is 13.8. The Hall–Kier alpha value is -2.23. The summed E-state index contributed by atoms with van der Waals surface area (Å²) >= 11 is 0. The Morgan fingerprint density at radius 2 is 1.95 bits per heavy atom. The van der Waals surface area contributed by atoms with Gasteiger partial charge in [-0.25, -0.2) is 4.39 Å². The number of hydrogen-bond acceptors (Lipinski definition) is 2. The number of benzene rings is 1. The first-order chi connectivity index (χ1) is 9.08. The van der Waals surface area contributed by atoms with Crippen molar-refractivity contribution in [3.8, 4) is 0 Å². The van der Waals surface area contributed by atoms with Crippen LogP contribution in [0.5, 0.6) is 0 Å². The van der Waals surface area contributed by atoms with Gasteiger partial charge in [0.2, 0.25) is 0 Å². The molecule has 4 heteroatoms. The second kappa shape index (κ2) is 5.61. The minimum atomic E-state index is -0.298. The molecule has 19 heavy (non-hydrogen) atoms. The number of halogens is 1. The topological polar surface area (TPSA) is 33.2 Å². The van der Waals surface area contributed by atoms with Crippen LogP contribution in [0.4, 0.5) is 4.39 Å². The number of hydrogen-bond donors (Lipinski definition) is 0. The van der Waals surface area contributed by atoms with Crippen LogP contribution in [-0.4, -0.2) is 22.8 Å². The normalized spacial score (nSPS) is 10.3. The Balaban J connectivity index is 2.12. The highest BCUT2D eigenvalue weighted by Gasteiger charge is 2.13. The lowest BCUT2D eigenvalue weighted by Crippen LogP contribution is -2.26. The van der Waals surface area contributed by atoms with E-state index in [0.29, 0.717) is 17.7 Å². The molecule has 1 amide bonds. The molecule has 0 fully saturated rings. The molecule has 0 aliphatic carbocycles. The SMILES string of the molecule is Cc1cc(C(=O)N(C)Cc2ccncc2)ccc1F. The van der Waals surface area contributed by atoms with Crippen LogP contribution in [0.15, 0.2) is 42.7 Å². The van der Waals surface area contributed by atoms with Crippen LogP contribution in [0, 0.1) is 12.7 Å². The number of pyridine rings is 1. The summed E-state index contributed by atoms with van der Waals surface area (Å²) in [5.74, 6) is -0.423. The van der Waals surface area contributed by atoms with Crippen LogP contribution < -0.4 is 0 Å². The zero-order valence-electron chi connectivity index (χ0n) is 10.9. The highest BCUT2D eigenvalue weighted by Crippen LogP contribution is 2.12. The predicted molar refractivity (Wildman–Crippen MR) is 71.2 cm³/mol. The minimum Gasteiger partial charge on any atom is -0.337 e. The van der Waals surface area contributed by atoms with Gasteiger partial charge in [0.15, 0.2) is 0 Å². The molecule has 0 saturated carbocycles. The summed E-state index contributed by atoms with van der Waals surface area (Å²) in [5.41, 5.74) is 1.98. The molecule has 0 spiro atoms. The summed E-state index contributed by atoms with van der Waals surface area (Å²) < 4.78 is 13.2. The fourth-order valence-corrected chi connectivity index (χ4v) is 1.83. The second-order valence-corrected chi connectivity index (χ2v) is 4.48. The van der Waals surface area contributed by atoms with Crippen molar-refractivity contribution in [2.75, 3.05) is 7.05 Å². The molecule has 1 heterocycles. The third-order valence-corrected chi connectivity index (χ3v) is 2.92. The predicted octanol–water partition coefficient (Wildman–Crippen LogP) is 2.80. The van der Waals surface area contributed by atoms with E-state index in [-0.39, 0.29) is 11.7 Å². The molecule has 2 aromatic rings. The average Bonchev–Trinajstić information content (AvgIpc) is 2.42. The molecule has 0 bridgehead atoms. The molecule has 2 rings (SSSR count). The zero-order valence-corrected chi connectivity index (χ0v) is 10.9. The molecule has 0 unspecified atom stereocenters. The molecule has 3 nitrogen and oxygen atoms in total. The Labute approximate surface area is 111 Å². The van der Waals surface area contributed by atoms with Gasteiger partial charge in [0.25, 0.3) is 5.91 Å². The first-order valence-electron chi connectivity index (χ1n) is 5.98. The van der Waals surface area contributed by atoms with Crippen molar-refractivity contribution >= 4 is 5.91 Å². The van der Waals surface area contributed by atoms with Gasteiger partial charge in [0.05, 0.1) is 0 Å². The maximum Gasteiger partial charge on any atom is 0.253 e. The van der Waals surface area contributed by atoms with E-state index in [1.165, 1.54) is 12.1 Å². The smallest absolute Gasteiger partial charge is 0.253 e. The number of carbonyl (C=O) groups excluding carboxylic acids is 1. The summed E-state index contributed by atoms with van der Waals surface area (Å²) in [5, 5.41) is 0. The molecule has 0 radical (unpaired) electrons. The molecule has 1 aromatic carbocycles.